The molecule has 0 aromatic carbocycles. The van der Waals surface area contributed by atoms with Gasteiger partial charge in [-0.1, -0.05) is 5.16 Å². The zero-order valence-corrected chi connectivity index (χ0v) is 11.0. The van der Waals surface area contributed by atoms with Crippen LogP contribution in [0, 0.1) is 0 Å². The summed E-state index contributed by atoms with van der Waals surface area (Å²) in [4.78, 5) is 4.32. The topological polar surface area (TPSA) is 94.4 Å². The van der Waals surface area contributed by atoms with Crippen molar-refractivity contribution in [3.05, 3.63) is 11.7 Å². The van der Waals surface area contributed by atoms with Crippen LogP contribution in [0.4, 0.5) is 0 Å². The van der Waals surface area contributed by atoms with Crippen LogP contribution in [-0.4, -0.2) is 34.0 Å². The third kappa shape index (κ3) is 2.88. The molecular weight excluding hydrogens is 234 g/mol. The monoisotopic (exact) mass is 255 g/mol. The normalized spacial score (nSPS) is 28.0. The van der Waals surface area contributed by atoms with E-state index in [1.54, 1.807) is 6.92 Å². The molecule has 0 saturated carbocycles. The Kier molecular flexibility index (Phi) is 3.70. The number of aliphatic hydroxyl groups is 1. The standard InChI is InChI=1S/C12H21N3O3/c1-11(16,8-13)7-9-14-10(15-18-9)12(2)5-3-4-6-17-12/h16H,3-8,13H2,1-2H3. The fourth-order valence-electron chi connectivity index (χ4n) is 2.05. The predicted octanol–water partition coefficient (Wildman–Crippen LogP) is 0.737. The van der Waals surface area contributed by atoms with E-state index in [4.69, 9.17) is 15.0 Å². The Morgan fingerprint density at radius 1 is 1.50 bits per heavy atom. The molecule has 0 aliphatic carbocycles. The summed E-state index contributed by atoms with van der Waals surface area (Å²) in [5.41, 5.74) is 3.99. The zero-order valence-electron chi connectivity index (χ0n) is 11.0. The van der Waals surface area contributed by atoms with Crippen LogP contribution in [0.1, 0.15) is 44.8 Å². The molecule has 2 rings (SSSR count). The first-order valence-corrected chi connectivity index (χ1v) is 6.35. The van der Waals surface area contributed by atoms with Crippen LogP contribution in [0.2, 0.25) is 0 Å². The zero-order chi connectivity index (χ0) is 13.2. The molecule has 18 heavy (non-hydrogen) atoms. The van der Waals surface area contributed by atoms with Gasteiger partial charge in [0.25, 0.3) is 0 Å². The maximum Gasteiger partial charge on any atom is 0.229 e. The first kappa shape index (κ1) is 13.5. The van der Waals surface area contributed by atoms with Crippen molar-refractivity contribution in [3.8, 4) is 0 Å². The van der Waals surface area contributed by atoms with Crippen molar-refractivity contribution >= 4 is 0 Å². The maximum atomic E-state index is 9.88. The molecule has 2 unspecified atom stereocenters. The maximum absolute atomic E-state index is 9.88. The van der Waals surface area contributed by atoms with Gasteiger partial charge in [-0.05, 0) is 33.1 Å². The lowest BCUT2D eigenvalue weighted by Crippen LogP contribution is -2.36. The molecule has 1 aliphatic heterocycles. The van der Waals surface area contributed by atoms with Gasteiger partial charge in [0.15, 0.2) is 0 Å². The number of rotatable bonds is 4. The smallest absolute Gasteiger partial charge is 0.229 e. The molecule has 1 aromatic heterocycles. The molecule has 1 fully saturated rings. The lowest BCUT2D eigenvalue weighted by molar-refractivity contribution is -0.0770. The number of nitrogens with two attached hydrogens (primary N) is 1. The second-order valence-electron chi connectivity index (χ2n) is 5.43. The van der Waals surface area contributed by atoms with Crippen molar-refractivity contribution < 1.29 is 14.4 Å². The Labute approximate surface area is 107 Å². The van der Waals surface area contributed by atoms with E-state index in [9.17, 15) is 5.11 Å². The van der Waals surface area contributed by atoms with Gasteiger partial charge in [0.1, 0.15) is 5.60 Å². The largest absolute Gasteiger partial charge is 0.388 e. The van der Waals surface area contributed by atoms with E-state index in [0.29, 0.717) is 11.7 Å². The Morgan fingerprint density at radius 3 is 2.89 bits per heavy atom. The van der Waals surface area contributed by atoms with Gasteiger partial charge in [-0.15, -0.1) is 0 Å². The molecule has 1 saturated heterocycles. The van der Waals surface area contributed by atoms with Crippen molar-refractivity contribution in [3.63, 3.8) is 0 Å². The second kappa shape index (κ2) is 4.95. The van der Waals surface area contributed by atoms with Crippen LogP contribution >= 0.6 is 0 Å². The van der Waals surface area contributed by atoms with Crippen molar-refractivity contribution in [2.45, 2.75) is 50.7 Å². The van der Waals surface area contributed by atoms with Crippen molar-refractivity contribution in [1.29, 1.82) is 0 Å². The van der Waals surface area contributed by atoms with Gasteiger partial charge in [0.05, 0.1) is 12.0 Å². The van der Waals surface area contributed by atoms with Crippen LogP contribution in [0.15, 0.2) is 4.52 Å². The third-order valence-electron chi connectivity index (χ3n) is 3.38. The molecule has 3 N–H and O–H groups in total. The van der Waals surface area contributed by atoms with Crippen molar-refractivity contribution in [2.75, 3.05) is 13.2 Å². The average molecular weight is 255 g/mol. The average Bonchev–Trinajstić information content (AvgIpc) is 2.78. The Bertz CT molecular complexity index is 397. The summed E-state index contributed by atoms with van der Waals surface area (Å²) in [6.45, 7) is 4.50. The number of aromatic nitrogens is 2. The van der Waals surface area contributed by atoms with E-state index < -0.39 is 11.2 Å². The predicted molar refractivity (Wildman–Crippen MR) is 64.8 cm³/mol. The summed E-state index contributed by atoms with van der Waals surface area (Å²) >= 11 is 0. The lowest BCUT2D eigenvalue weighted by Gasteiger charge is -2.30. The fourth-order valence-corrected chi connectivity index (χ4v) is 2.05. The van der Waals surface area contributed by atoms with E-state index >= 15 is 0 Å². The Balaban J connectivity index is 2.10. The fraction of sp³-hybridized carbons (Fsp3) is 0.833. The highest BCUT2D eigenvalue weighted by Gasteiger charge is 2.35. The number of nitrogens with zero attached hydrogens (tertiary/aromatic N) is 2. The summed E-state index contributed by atoms with van der Waals surface area (Å²) < 4.78 is 10.9. The van der Waals surface area contributed by atoms with E-state index in [2.05, 4.69) is 10.1 Å². The molecule has 0 bridgehead atoms. The third-order valence-corrected chi connectivity index (χ3v) is 3.38. The minimum Gasteiger partial charge on any atom is -0.388 e. The lowest BCUT2D eigenvalue weighted by atomic mass is 9.95. The number of hydrogen-bond donors (Lipinski definition) is 2. The molecule has 6 heteroatoms. The molecular formula is C12H21N3O3. The van der Waals surface area contributed by atoms with E-state index in [0.717, 1.165) is 25.9 Å². The Hall–Kier alpha value is -0.980. The molecule has 102 valence electrons. The van der Waals surface area contributed by atoms with Crippen molar-refractivity contribution in [1.82, 2.24) is 10.1 Å². The van der Waals surface area contributed by atoms with Crippen LogP contribution in [0.25, 0.3) is 0 Å². The van der Waals surface area contributed by atoms with E-state index in [1.165, 1.54) is 0 Å². The van der Waals surface area contributed by atoms with Crippen LogP contribution in [-0.2, 0) is 16.8 Å². The van der Waals surface area contributed by atoms with Gasteiger partial charge in [0.2, 0.25) is 11.7 Å². The van der Waals surface area contributed by atoms with Gasteiger partial charge in [-0.3, -0.25) is 0 Å². The quantitative estimate of drug-likeness (QED) is 0.824. The van der Waals surface area contributed by atoms with Gasteiger partial charge in [-0.25, -0.2) is 0 Å². The molecule has 6 nitrogen and oxygen atoms in total. The van der Waals surface area contributed by atoms with E-state index in [1.807, 2.05) is 6.92 Å². The van der Waals surface area contributed by atoms with Crippen LogP contribution < -0.4 is 5.73 Å². The molecule has 0 radical (unpaired) electrons. The summed E-state index contributed by atoms with van der Waals surface area (Å²) in [5.74, 6) is 0.959. The number of hydrogen-bond acceptors (Lipinski definition) is 6. The van der Waals surface area contributed by atoms with Gasteiger partial charge in [0, 0.05) is 13.2 Å². The first-order chi connectivity index (χ1) is 8.45. The highest BCUT2D eigenvalue weighted by molar-refractivity contribution is 5.02. The summed E-state index contributed by atoms with van der Waals surface area (Å²) in [6.07, 6.45) is 3.31. The van der Waals surface area contributed by atoms with E-state index in [-0.39, 0.29) is 13.0 Å². The summed E-state index contributed by atoms with van der Waals surface area (Å²) in [6, 6.07) is 0. The summed E-state index contributed by atoms with van der Waals surface area (Å²) in [7, 11) is 0. The molecule has 0 amide bonds. The van der Waals surface area contributed by atoms with Gasteiger partial charge < -0.3 is 20.1 Å². The van der Waals surface area contributed by atoms with Crippen LogP contribution in [0.5, 0.6) is 0 Å². The molecule has 0 spiro atoms. The minimum absolute atomic E-state index is 0.151. The SMILES string of the molecule is CC(O)(CN)Cc1nc(C2(C)CCCCO2)no1. The summed E-state index contributed by atoms with van der Waals surface area (Å²) in [5, 5.41) is 13.8. The first-order valence-electron chi connectivity index (χ1n) is 6.35. The van der Waals surface area contributed by atoms with Crippen LogP contribution in [0.3, 0.4) is 0 Å². The number of ether oxygens (including phenoxy) is 1. The molecule has 1 aliphatic rings. The molecule has 2 heterocycles. The molecule has 2 atom stereocenters. The highest BCUT2D eigenvalue weighted by atomic mass is 16.5. The Morgan fingerprint density at radius 2 is 2.28 bits per heavy atom. The molecule has 1 aromatic rings. The van der Waals surface area contributed by atoms with Crippen molar-refractivity contribution in [2.24, 2.45) is 5.73 Å². The minimum atomic E-state index is -1.02. The van der Waals surface area contributed by atoms with Gasteiger partial charge in [-0.2, -0.15) is 4.98 Å². The second-order valence-corrected chi connectivity index (χ2v) is 5.43. The highest BCUT2D eigenvalue weighted by Crippen LogP contribution is 2.32. The van der Waals surface area contributed by atoms with Gasteiger partial charge >= 0.3 is 0 Å².